The van der Waals surface area contributed by atoms with Crippen molar-refractivity contribution in [3.63, 3.8) is 0 Å². The molecule has 0 saturated carbocycles. The summed E-state index contributed by atoms with van der Waals surface area (Å²) < 4.78 is 5.61. The van der Waals surface area contributed by atoms with Crippen molar-refractivity contribution in [1.29, 1.82) is 0 Å². The second-order valence-corrected chi connectivity index (χ2v) is 4.50. The van der Waals surface area contributed by atoms with E-state index in [4.69, 9.17) is 4.74 Å². The standard InChI is InChI=1S/C14H14O2/c1-9-13-11(8-16-9)7-12(15)14(13)10-5-3-2-4-6-10/h2-6,9,11H,7-8H2,1H3/t9-,11+/m1/s1. The Morgan fingerprint density at radius 3 is 2.75 bits per heavy atom. The zero-order chi connectivity index (χ0) is 11.1. The van der Waals surface area contributed by atoms with Crippen LogP contribution < -0.4 is 0 Å². The minimum atomic E-state index is 0.103. The van der Waals surface area contributed by atoms with Gasteiger partial charge in [-0.3, -0.25) is 4.79 Å². The van der Waals surface area contributed by atoms with Gasteiger partial charge in [-0.15, -0.1) is 0 Å². The molecule has 16 heavy (non-hydrogen) atoms. The van der Waals surface area contributed by atoms with Gasteiger partial charge in [0.15, 0.2) is 5.78 Å². The van der Waals surface area contributed by atoms with E-state index in [1.54, 1.807) is 0 Å². The predicted molar refractivity (Wildman–Crippen MR) is 61.9 cm³/mol. The Hall–Kier alpha value is -1.41. The topological polar surface area (TPSA) is 26.3 Å². The molecule has 1 aromatic carbocycles. The third kappa shape index (κ3) is 1.34. The zero-order valence-electron chi connectivity index (χ0n) is 9.27. The number of hydrogen-bond donors (Lipinski definition) is 0. The molecule has 2 nitrogen and oxygen atoms in total. The summed E-state index contributed by atoms with van der Waals surface area (Å²) >= 11 is 0. The summed E-state index contributed by atoms with van der Waals surface area (Å²) in [4.78, 5) is 12.0. The molecule has 1 aliphatic carbocycles. The molecule has 1 heterocycles. The number of fused-ring (bicyclic) bond motifs is 1. The van der Waals surface area contributed by atoms with Crippen molar-refractivity contribution < 1.29 is 9.53 Å². The number of Topliss-reactive ketones (excluding diaryl/α,β-unsaturated/α-hetero) is 1. The molecule has 2 atom stereocenters. The van der Waals surface area contributed by atoms with Crippen LogP contribution in [0.4, 0.5) is 0 Å². The van der Waals surface area contributed by atoms with Gasteiger partial charge in [0.1, 0.15) is 0 Å². The molecule has 82 valence electrons. The van der Waals surface area contributed by atoms with Crippen LogP contribution in [0.15, 0.2) is 35.9 Å². The van der Waals surface area contributed by atoms with Gasteiger partial charge >= 0.3 is 0 Å². The van der Waals surface area contributed by atoms with Crippen LogP contribution in [0.5, 0.6) is 0 Å². The number of hydrogen-bond acceptors (Lipinski definition) is 2. The SMILES string of the molecule is C[C@H]1OC[C@@H]2CC(=O)C(c3ccccc3)=C21. The van der Waals surface area contributed by atoms with Gasteiger partial charge in [0.2, 0.25) is 0 Å². The van der Waals surface area contributed by atoms with Gasteiger partial charge in [0, 0.05) is 17.9 Å². The summed E-state index contributed by atoms with van der Waals surface area (Å²) in [5, 5.41) is 0. The summed E-state index contributed by atoms with van der Waals surface area (Å²) in [6.07, 6.45) is 0.732. The van der Waals surface area contributed by atoms with Gasteiger partial charge in [-0.25, -0.2) is 0 Å². The predicted octanol–water partition coefficient (Wildman–Crippen LogP) is 2.45. The number of ketones is 1. The lowest BCUT2D eigenvalue weighted by Gasteiger charge is -2.08. The number of benzene rings is 1. The lowest BCUT2D eigenvalue weighted by molar-refractivity contribution is -0.113. The van der Waals surface area contributed by atoms with E-state index >= 15 is 0 Å². The van der Waals surface area contributed by atoms with Crippen molar-refractivity contribution in [1.82, 2.24) is 0 Å². The van der Waals surface area contributed by atoms with Crippen LogP contribution in [0.1, 0.15) is 18.9 Å². The Bertz CT molecular complexity index is 459. The maximum atomic E-state index is 12.0. The first-order valence-corrected chi connectivity index (χ1v) is 5.71. The van der Waals surface area contributed by atoms with E-state index < -0.39 is 0 Å². The fraction of sp³-hybridized carbons (Fsp3) is 0.357. The van der Waals surface area contributed by atoms with E-state index in [-0.39, 0.29) is 11.9 Å². The minimum Gasteiger partial charge on any atom is -0.373 e. The average molecular weight is 214 g/mol. The maximum Gasteiger partial charge on any atom is 0.164 e. The quantitative estimate of drug-likeness (QED) is 0.717. The minimum absolute atomic E-state index is 0.103. The third-order valence-corrected chi connectivity index (χ3v) is 3.49. The first kappa shape index (κ1) is 9.79. The summed E-state index contributed by atoms with van der Waals surface area (Å²) in [6.45, 7) is 2.75. The Morgan fingerprint density at radius 1 is 1.25 bits per heavy atom. The van der Waals surface area contributed by atoms with Gasteiger partial charge in [-0.05, 0) is 18.1 Å². The highest BCUT2D eigenvalue weighted by Crippen LogP contribution is 2.42. The molecular weight excluding hydrogens is 200 g/mol. The van der Waals surface area contributed by atoms with Crippen LogP contribution in [-0.4, -0.2) is 18.5 Å². The van der Waals surface area contributed by atoms with E-state index in [2.05, 4.69) is 0 Å². The molecule has 1 saturated heterocycles. The average Bonchev–Trinajstić information content (AvgIpc) is 2.80. The second-order valence-electron chi connectivity index (χ2n) is 4.50. The first-order valence-electron chi connectivity index (χ1n) is 5.71. The molecule has 0 spiro atoms. The van der Waals surface area contributed by atoms with Crippen molar-refractivity contribution >= 4 is 11.4 Å². The van der Waals surface area contributed by atoms with E-state index in [0.717, 1.165) is 11.1 Å². The molecule has 0 bridgehead atoms. The van der Waals surface area contributed by atoms with E-state index in [9.17, 15) is 4.79 Å². The molecule has 2 aliphatic rings. The molecule has 0 aromatic heterocycles. The zero-order valence-corrected chi connectivity index (χ0v) is 9.27. The lowest BCUT2D eigenvalue weighted by atomic mass is 9.97. The summed E-state index contributed by atoms with van der Waals surface area (Å²) in [7, 11) is 0. The fourth-order valence-corrected chi connectivity index (χ4v) is 2.77. The highest BCUT2D eigenvalue weighted by atomic mass is 16.5. The van der Waals surface area contributed by atoms with Gasteiger partial charge in [0.25, 0.3) is 0 Å². The second kappa shape index (κ2) is 3.56. The van der Waals surface area contributed by atoms with Gasteiger partial charge in [-0.2, -0.15) is 0 Å². The Balaban J connectivity index is 2.14. The molecule has 1 aliphatic heterocycles. The number of ether oxygens (including phenoxy) is 1. The molecule has 0 N–H and O–H groups in total. The summed E-state index contributed by atoms with van der Waals surface area (Å²) in [5.74, 6) is 0.610. The summed E-state index contributed by atoms with van der Waals surface area (Å²) in [6, 6.07) is 9.94. The molecule has 3 rings (SSSR count). The highest BCUT2D eigenvalue weighted by Gasteiger charge is 2.40. The molecule has 0 unspecified atom stereocenters. The smallest absolute Gasteiger partial charge is 0.164 e. The number of carbonyl (C=O) groups excluding carboxylic acids is 1. The van der Waals surface area contributed by atoms with Crippen molar-refractivity contribution in [2.24, 2.45) is 5.92 Å². The van der Waals surface area contributed by atoms with Crippen LogP contribution >= 0.6 is 0 Å². The van der Waals surface area contributed by atoms with E-state index in [1.807, 2.05) is 37.3 Å². The largest absolute Gasteiger partial charge is 0.373 e. The monoisotopic (exact) mass is 214 g/mol. The molecule has 0 radical (unpaired) electrons. The molecule has 0 amide bonds. The van der Waals surface area contributed by atoms with E-state index in [0.29, 0.717) is 18.9 Å². The van der Waals surface area contributed by atoms with Gasteiger partial charge < -0.3 is 4.74 Å². The highest BCUT2D eigenvalue weighted by molar-refractivity contribution is 6.24. The van der Waals surface area contributed by atoms with Crippen LogP contribution in [0.2, 0.25) is 0 Å². The Kier molecular flexibility index (Phi) is 2.18. The van der Waals surface area contributed by atoms with Crippen molar-refractivity contribution in [2.75, 3.05) is 6.61 Å². The number of allylic oxidation sites excluding steroid dienone is 1. The van der Waals surface area contributed by atoms with Gasteiger partial charge in [-0.1, -0.05) is 30.3 Å². The van der Waals surface area contributed by atoms with Crippen LogP contribution in [-0.2, 0) is 9.53 Å². The Morgan fingerprint density at radius 2 is 2.00 bits per heavy atom. The first-order chi connectivity index (χ1) is 7.77. The third-order valence-electron chi connectivity index (χ3n) is 3.49. The molecular formula is C14H14O2. The van der Waals surface area contributed by atoms with Crippen molar-refractivity contribution in [3.05, 3.63) is 41.5 Å². The normalized spacial score (nSPS) is 28.7. The number of carbonyl (C=O) groups is 1. The lowest BCUT2D eigenvalue weighted by Crippen LogP contribution is -2.05. The Labute approximate surface area is 94.9 Å². The van der Waals surface area contributed by atoms with Crippen molar-refractivity contribution in [3.8, 4) is 0 Å². The van der Waals surface area contributed by atoms with Crippen LogP contribution in [0, 0.1) is 5.92 Å². The molecule has 1 fully saturated rings. The van der Waals surface area contributed by atoms with Crippen molar-refractivity contribution in [2.45, 2.75) is 19.4 Å². The molecule has 2 heteroatoms. The molecule has 1 aromatic rings. The maximum absolute atomic E-state index is 12.0. The van der Waals surface area contributed by atoms with Crippen LogP contribution in [0.25, 0.3) is 5.57 Å². The fourth-order valence-electron chi connectivity index (χ4n) is 2.77. The summed E-state index contributed by atoms with van der Waals surface area (Å²) in [5.41, 5.74) is 3.18. The van der Waals surface area contributed by atoms with Gasteiger partial charge in [0.05, 0.1) is 12.7 Å². The van der Waals surface area contributed by atoms with Crippen LogP contribution in [0.3, 0.4) is 0 Å². The number of rotatable bonds is 1. The van der Waals surface area contributed by atoms with E-state index in [1.165, 1.54) is 5.57 Å².